The third kappa shape index (κ3) is 4.57. The number of H-pyrrole nitrogens is 1. The second-order valence-electron chi connectivity index (χ2n) is 10.9. The van der Waals surface area contributed by atoms with Gasteiger partial charge in [-0.05, 0) is 99.0 Å². The monoisotopic (exact) mass is 530 g/mol. The number of pyridine rings is 2. The van der Waals surface area contributed by atoms with E-state index in [2.05, 4.69) is 112 Å². The van der Waals surface area contributed by atoms with Crippen molar-refractivity contribution < 1.29 is 0 Å². The lowest BCUT2D eigenvalue weighted by Crippen LogP contribution is -1.99. The van der Waals surface area contributed by atoms with Gasteiger partial charge in [0.1, 0.15) is 0 Å². The minimum atomic E-state index is 0.926. The number of aromatic amines is 1. The topological polar surface area (TPSA) is 53.9 Å². The Morgan fingerprint density at radius 2 is 1.22 bits per heavy atom. The lowest BCUT2D eigenvalue weighted by molar-refractivity contribution is 1.21. The van der Waals surface area contributed by atoms with E-state index in [0.29, 0.717) is 0 Å². The summed E-state index contributed by atoms with van der Waals surface area (Å²) < 4.78 is 0. The summed E-state index contributed by atoms with van der Waals surface area (Å²) in [7, 11) is 0. The van der Waals surface area contributed by atoms with E-state index < -0.39 is 0 Å². The summed E-state index contributed by atoms with van der Waals surface area (Å²) in [4.78, 5) is 18.8. The molecule has 4 nitrogen and oxygen atoms in total. The molecule has 0 atom stereocenters. The zero-order chi connectivity index (χ0) is 28.1. The van der Waals surface area contributed by atoms with Crippen molar-refractivity contribution in [1.29, 1.82) is 0 Å². The van der Waals surface area contributed by atoms with E-state index in [1.807, 2.05) is 24.3 Å². The van der Waals surface area contributed by atoms with Crippen molar-refractivity contribution in [3.8, 4) is 22.5 Å². The highest BCUT2D eigenvalue weighted by atomic mass is 14.8. The largest absolute Gasteiger partial charge is 0.358 e. The number of nitrogens with one attached hydrogen (secondary N) is 1. The lowest BCUT2D eigenvalue weighted by atomic mass is 9.91. The highest BCUT2D eigenvalue weighted by molar-refractivity contribution is 6.01. The SMILES string of the molecule is CC1=CC(C)=NC1=C(c1cc(-c2ccc3ccccc3n2)cc(-c2ccc3ccccc3n2)c1)c1[nH]c(C)cc1C. The molecule has 0 fully saturated rings. The summed E-state index contributed by atoms with van der Waals surface area (Å²) in [5.74, 6) is 0. The molecule has 1 N–H and O–H groups in total. The molecule has 1 aliphatic heterocycles. The maximum Gasteiger partial charge on any atom is 0.0761 e. The van der Waals surface area contributed by atoms with Crippen LogP contribution in [0.15, 0.2) is 119 Å². The Balaban J connectivity index is 1.52. The average molecular weight is 531 g/mol. The Hall–Kier alpha value is -5.09. The van der Waals surface area contributed by atoms with Gasteiger partial charge in [0.15, 0.2) is 0 Å². The number of hydrogen-bond acceptors (Lipinski definition) is 3. The van der Waals surface area contributed by atoms with Crippen LogP contribution in [0.1, 0.15) is 36.4 Å². The molecule has 4 heterocycles. The van der Waals surface area contributed by atoms with Crippen molar-refractivity contribution in [3.05, 3.63) is 137 Å². The van der Waals surface area contributed by atoms with Gasteiger partial charge in [-0.15, -0.1) is 0 Å². The van der Waals surface area contributed by atoms with Gasteiger partial charge >= 0.3 is 0 Å². The van der Waals surface area contributed by atoms with Crippen molar-refractivity contribution in [1.82, 2.24) is 15.0 Å². The number of aryl methyl sites for hydroxylation is 2. The lowest BCUT2D eigenvalue weighted by Gasteiger charge is -2.16. The molecule has 198 valence electrons. The van der Waals surface area contributed by atoms with Gasteiger partial charge in [-0.1, -0.05) is 48.5 Å². The molecule has 6 aromatic rings. The van der Waals surface area contributed by atoms with E-state index in [4.69, 9.17) is 15.0 Å². The molecular weight excluding hydrogens is 500 g/mol. The summed E-state index contributed by atoms with van der Waals surface area (Å²) in [5, 5.41) is 2.25. The quantitative estimate of drug-likeness (QED) is 0.247. The molecule has 0 bridgehead atoms. The van der Waals surface area contributed by atoms with Crippen LogP contribution in [0.5, 0.6) is 0 Å². The normalized spacial score (nSPS) is 14.4. The van der Waals surface area contributed by atoms with Crippen LogP contribution in [0.2, 0.25) is 0 Å². The molecule has 0 radical (unpaired) electrons. The van der Waals surface area contributed by atoms with Crippen molar-refractivity contribution in [3.63, 3.8) is 0 Å². The first-order valence-corrected chi connectivity index (χ1v) is 14.0. The number of aliphatic imine (C=N–C) groups is 1. The predicted molar refractivity (Wildman–Crippen MR) is 171 cm³/mol. The highest BCUT2D eigenvalue weighted by Crippen LogP contribution is 2.39. The van der Waals surface area contributed by atoms with E-state index in [1.54, 1.807) is 0 Å². The molecule has 7 rings (SSSR count). The van der Waals surface area contributed by atoms with Gasteiger partial charge in [-0.2, -0.15) is 0 Å². The number of para-hydroxylation sites is 2. The predicted octanol–water partition coefficient (Wildman–Crippen LogP) is 9.24. The first-order chi connectivity index (χ1) is 19.9. The zero-order valence-corrected chi connectivity index (χ0v) is 23.7. The molecule has 41 heavy (non-hydrogen) atoms. The van der Waals surface area contributed by atoms with Crippen LogP contribution < -0.4 is 0 Å². The van der Waals surface area contributed by atoms with E-state index in [9.17, 15) is 0 Å². The van der Waals surface area contributed by atoms with Crippen LogP contribution >= 0.6 is 0 Å². The van der Waals surface area contributed by atoms with Gasteiger partial charge in [0.2, 0.25) is 0 Å². The number of fused-ring (bicyclic) bond motifs is 2. The third-order valence-corrected chi connectivity index (χ3v) is 7.73. The van der Waals surface area contributed by atoms with Gasteiger partial charge < -0.3 is 4.98 Å². The minimum absolute atomic E-state index is 0.926. The molecule has 4 heteroatoms. The molecular formula is C37H30N4. The van der Waals surface area contributed by atoms with Crippen LogP contribution in [0.25, 0.3) is 49.9 Å². The second-order valence-corrected chi connectivity index (χ2v) is 10.9. The fraction of sp³-hybridized carbons (Fsp3) is 0.108. The number of allylic oxidation sites excluding steroid dienone is 2. The van der Waals surface area contributed by atoms with Gasteiger partial charge in [0, 0.05) is 38.9 Å². The van der Waals surface area contributed by atoms with Crippen LogP contribution in [0.4, 0.5) is 0 Å². The summed E-state index contributed by atoms with van der Waals surface area (Å²) in [6.45, 7) is 8.46. The van der Waals surface area contributed by atoms with Crippen molar-refractivity contribution in [2.24, 2.45) is 4.99 Å². The van der Waals surface area contributed by atoms with Gasteiger partial charge in [0.25, 0.3) is 0 Å². The standard InChI is InChI=1S/C37H30N4/c1-22-17-24(3)38-36(22)35(37-23(2)18-25(4)39-37)30-20-28(33-15-13-26-9-5-7-11-31(26)40-33)19-29(21-30)34-16-14-27-10-6-8-12-32(27)41-34/h5-21,38H,1-4H3. The van der Waals surface area contributed by atoms with Crippen molar-refractivity contribution in [2.75, 3.05) is 0 Å². The van der Waals surface area contributed by atoms with E-state index in [0.717, 1.165) is 83.8 Å². The van der Waals surface area contributed by atoms with Crippen LogP contribution in [-0.4, -0.2) is 20.7 Å². The second kappa shape index (κ2) is 9.83. The molecule has 0 spiro atoms. The number of nitrogens with zero attached hydrogens (tertiary/aromatic N) is 3. The van der Waals surface area contributed by atoms with Gasteiger partial charge in [-0.3, -0.25) is 4.99 Å². The minimum Gasteiger partial charge on any atom is -0.358 e. The number of hydrogen-bond donors (Lipinski definition) is 1. The Labute approximate surface area is 239 Å². The summed E-state index contributed by atoms with van der Waals surface area (Å²) in [6.07, 6.45) is 2.15. The van der Waals surface area contributed by atoms with Crippen LogP contribution in [0.3, 0.4) is 0 Å². The van der Waals surface area contributed by atoms with Crippen molar-refractivity contribution in [2.45, 2.75) is 27.7 Å². The van der Waals surface area contributed by atoms with E-state index in [-0.39, 0.29) is 0 Å². The third-order valence-electron chi connectivity index (χ3n) is 7.73. The fourth-order valence-corrected chi connectivity index (χ4v) is 5.84. The molecule has 0 amide bonds. The maximum atomic E-state index is 5.07. The van der Waals surface area contributed by atoms with Crippen molar-refractivity contribution >= 4 is 33.1 Å². The smallest absolute Gasteiger partial charge is 0.0761 e. The summed E-state index contributed by atoms with van der Waals surface area (Å²) in [6, 6.07) is 33.9. The fourth-order valence-electron chi connectivity index (χ4n) is 5.84. The molecule has 0 aliphatic carbocycles. The first kappa shape index (κ1) is 24.9. The van der Waals surface area contributed by atoms with E-state index in [1.165, 1.54) is 5.56 Å². The maximum absolute atomic E-state index is 5.07. The first-order valence-electron chi connectivity index (χ1n) is 14.0. The molecule has 0 saturated heterocycles. The Bertz CT molecular complexity index is 1990. The zero-order valence-electron chi connectivity index (χ0n) is 23.7. The molecule has 3 aromatic carbocycles. The van der Waals surface area contributed by atoms with Crippen LogP contribution in [0, 0.1) is 13.8 Å². The molecule has 0 unspecified atom stereocenters. The molecule has 1 aliphatic rings. The number of benzene rings is 3. The average Bonchev–Trinajstić information content (AvgIpc) is 3.50. The summed E-state index contributed by atoms with van der Waals surface area (Å²) >= 11 is 0. The number of rotatable bonds is 4. The van der Waals surface area contributed by atoms with E-state index >= 15 is 0 Å². The van der Waals surface area contributed by atoms with Gasteiger partial charge in [0.05, 0.1) is 33.8 Å². The highest BCUT2D eigenvalue weighted by Gasteiger charge is 2.22. The van der Waals surface area contributed by atoms with Gasteiger partial charge in [-0.25, -0.2) is 9.97 Å². The van der Waals surface area contributed by atoms with Crippen LogP contribution in [-0.2, 0) is 0 Å². The summed E-state index contributed by atoms with van der Waals surface area (Å²) in [5.41, 5.74) is 14.6. The molecule has 0 saturated carbocycles. The Kier molecular flexibility index (Phi) is 5.97. The number of aromatic nitrogens is 3. The Morgan fingerprint density at radius 3 is 1.73 bits per heavy atom. The molecule has 3 aromatic heterocycles. The Morgan fingerprint density at radius 1 is 0.634 bits per heavy atom.